The van der Waals surface area contributed by atoms with Crippen LogP contribution in [0, 0.1) is 27.7 Å². The lowest BCUT2D eigenvalue weighted by molar-refractivity contribution is 0.451. The Kier molecular flexibility index (Phi) is 11.2. The largest absolute Gasteiger partial charge is 0.507 e. The molecular weight excluding hydrogens is 777 g/mol. The summed E-state index contributed by atoms with van der Waals surface area (Å²) in [5, 5.41) is 50.4. The van der Waals surface area contributed by atoms with Crippen LogP contribution in [0.1, 0.15) is 173 Å². The van der Waals surface area contributed by atoms with E-state index in [1.807, 2.05) is 52.0 Å². The number of rotatable bonds is 6. The van der Waals surface area contributed by atoms with E-state index in [2.05, 4.69) is 144 Å². The number of benzene rings is 6. The van der Waals surface area contributed by atoms with Crippen LogP contribution in [0.2, 0.25) is 0 Å². The van der Waals surface area contributed by atoms with Gasteiger partial charge in [0.1, 0.15) is 34.2 Å². The Morgan fingerprint density at radius 2 is 0.587 bits per heavy atom. The quantitative estimate of drug-likeness (QED) is 0.125. The van der Waals surface area contributed by atoms with E-state index in [1.54, 1.807) is 0 Å². The van der Waals surface area contributed by atoms with E-state index in [9.17, 15) is 20.4 Å². The maximum atomic E-state index is 12.1. The Labute approximate surface area is 375 Å². The first-order valence-corrected chi connectivity index (χ1v) is 22.4. The molecule has 0 aliphatic carbocycles. The molecule has 330 valence electrons. The zero-order chi connectivity index (χ0) is 46.5. The normalized spacial score (nSPS) is 13.0. The average molecular weight is 845 g/mol. The fourth-order valence-corrected chi connectivity index (χ4v) is 9.16. The molecule has 1 heterocycles. The monoisotopic (exact) mass is 845 g/mol. The number of fused-ring (bicyclic) bond motifs is 3. The van der Waals surface area contributed by atoms with Gasteiger partial charge >= 0.3 is 0 Å². The van der Waals surface area contributed by atoms with Gasteiger partial charge < -0.3 is 24.8 Å². The molecule has 0 unspecified atom stereocenters. The van der Waals surface area contributed by atoms with Crippen molar-refractivity contribution in [3.05, 3.63) is 163 Å². The maximum absolute atomic E-state index is 12.1. The summed E-state index contributed by atoms with van der Waals surface area (Å²) in [6, 6.07) is 28.9. The second-order valence-electron chi connectivity index (χ2n) is 22.3. The molecule has 0 aliphatic rings. The van der Waals surface area contributed by atoms with Gasteiger partial charge in [0.2, 0.25) is 0 Å². The van der Waals surface area contributed by atoms with Crippen LogP contribution in [0.3, 0.4) is 0 Å². The lowest BCUT2D eigenvalue weighted by Gasteiger charge is -2.28. The molecule has 63 heavy (non-hydrogen) atoms. The Bertz CT molecular complexity index is 2580. The molecule has 0 atom stereocenters. The first-order valence-electron chi connectivity index (χ1n) is 22.4. The molecule has 0 saturated heterocycles. The Morgan fingerprint density at radius 3 is 0.810 bits per heavy atom. The summed E-state index contributed by atoms with van der Waals surface area (Å²) in [6.07, 6.45) is 0. The number of hydrogen-bond donors (Lipinski definition) is 4. The summed E-state index contributed by atoms with van der Waals surface area (Å²) in [6.45, 7) is 33.8. The van der Waals surface area contributed by atoms with Crippen LogP contribution >= 0.6 is 0 Å². The fourth-order valence-electron chi connectivity index (χ4n) is 9.16. The van der Waals surface area contributed by atoms with Gasteiger partial charge in [-0.3, -0.25) is 0 Å². The topological polar surface area (TPSA) is 94.1 Å². The molecule has 5 heteroatoms. The van der Waals surface area contributed by atoms with Crippen molar-refractivity contribution in [2.75, 3.05) is 0 Å². The van der Waals surface area contributed by atoms with E-state index in [4.69, 9.17) is 4.42 Å². The van der Waals surface area contributed by atoms with Gasteiger partial charge in [0.15, 0.2) is 0 Å². The van der Waals surface area contributed by atoms with E-state index in [-0.39, 0.29) is 44.7 Å². The van der Waals surface area contributed by atoms with Crippen molar-refractivity contribution in [1.29, 1.82) is 0 Å². The molecule has 0 amide bonds. The molecular formula is C58H68O5. The first kappa shape index (κ1) is 45.3. The van der Waals surface area contributed by atoms with Gasteiger partial charge in [-0.15, -0.1) is 0 Å². The number of phenolic OH excluding ortho intramolecular Hbond substituents is 4. The van der Waals surface area contributed by atoms with E-state index in [1.165, 1.54) is 0 Å². The van der Waals surface area contributed by atoms with Gasteiger partial charge in [0.05, 0.1) is 0 Å². The molecule has 0 radical (unpaired) electrons. The van der Waals surface area contributed by atoms with E-state index >= 15 is 0 Å². The van der Waals surface area contributed by atoms with Crippen molar-refractivity contribution in [3.8, 4) is 23.0 Å². The summed E-state index contributed by atoms with van der Waals surface area (Å²) >= 11 is 0. The highest BCUT2D eigenvalue weighted by molar-refractivity contribution is 6.07. The number of para-hydroxylation sites is 2. The molecule has 4 N–H and O–H groups in total. The van der Waals surface area contributed by atoms with Gasteiger partial charge in [-0.1, -0.05) is 168 Å². The predicted octanol–water partition coefficient (Wildman–Crippen LogP) is 15.2. The molecule has 0 spiro atoms. The summed E-state index contributed by atoms with van der Waals surface area (Å²) in [7, 11) is 0. The highest BCUT2D eigenvalue weighted by Crippen LogP contribution is 2.51. The maximum Gasteiger partial charge on any atom is 0.139 e. The highest BCUT2D eigenvalue weighted by Gasteiger charge is 2.34. The van der Waals surface area contributed by atoms with E-state index < -0.39 is 11.8 Å². The van der Waals surface area contributed by atoms with Gasteiger partial charge in [-0.25, -0.2) is 0 Å². The average Bonchev–Trinajstić information content (AvgIpc) is 3.56. The molecule has 0 fully saturated rings. The van der Waals surface area contributed by atoms with Crippen LogP contribution in [0.15, 0.2) is 89.3 Å². The fraction of sp³-hybridized carbons (Fsp3) is 0.379. The molecule has 7 rings (SSSR count). The second kappa shape index (κ2) is 15.5. The van der Waals surface area contributed by atoms with Crippen LogP contribution in [0.25, 0.3) is 21.9 Å². The standard InChI is InChI=1S/C58H68O5/c1-31-23-35(55(5,6)7)27-43(49(31)59)47(44-28-36(56(8,9)10)24-32(2)50(44)60)41-21-17-19-39-40-20-18-22-42(54(40)63-53(39)41)48(45-29-37(57(11,12)13)25-33(3)51(45)61)46-30-38(58(14,15)16)26-34(4)52(46)62/h17-30,47-48,59-62H,1-16H3. The molecule has 7 aromatic rings. The molecule has 5 nitrogen and oxygen atoms in total. The number of hydrogen-bond acceptors (Lipinski definition) is 5. The zero-order valence-corrected chi connectivity index (χ0v) is 40.4. The van der Waals surface area contributed by atoms with Gasteiger partial charge in [0, 0.05) is 56.0 Å². The summed E-state index contributed by atoms with van der Waals surface area (Å²) in [4.78, 5) is 0. The minimum atomic E-state index is -0.624. The second-order valence-corrected chi connectivity index (χ2v) is 22.3. The van der Waals surface area contributed by atoms with Gasteiger partial charge in [-0.2, -0.15) is 0 Å². The predicted molar refractivity (Wildman–Crippen MR) is 262 cm³/mol. The van der Waals surface area contributed by atoms with Crippen LogP contribution < -0.4 is 0 Å². The summed E-state index contributed by atoms with van der Waals surface area (Å²) in [5.41, 5.74) is 12.0. The number of aromatic hydroxyl groups is 4. The molecule has 1 aromatic heterocycles. The highest BCUT2D eigenvalue weighted by atomic mass is 16.3. The van der Waals surface area contributed by atoms with Crippen molar-refractivity contribution < 1.29 is 24.8 Å². The third-order valence-corrected chi connectivity index (χ3v) is 13.2. The van der Waals surface area contributed by atoms with Crippen molar-refractivity contribution in [2.45, 2.75) is 144 Å². The molecule has 0 bridgehead atoms. The van der Waals surface area contributed by atoms with Crippen molar-refractivity contribution in [1.82, 2.24) is 0 Å². The molecule has 6 aromatic carbocycles. The smallest absolute Gasteiger partial charge is 0.139 e. The van der Waals surface area contributed by atoms with Crippen LogP contribution in [-0.4, -0.2) is 20.4 Å². The number of furan rings is 1. The van der Waals surface area contributed by atoms with Crippen molar-refractivity contribution in [3.63, 3.8) is 0 Å². The summed E-state index contributed by atoms with van der Waals surface area (Å²) in [5.74, 6) is -0.548. The third kappa shape index (κ3) is 8.20. The van der Waals surface area contributed by atoms with Crippen LogP contribution in [0.5, 0.6) is 23.0 Å². The summed E-state index contributed by atoms with van der Waals surface area (Å²) < 4.78 is 7.31. The lowest BCUT2D eigenvalue weighted by atomic mass is 9.76. The Balaban J connectivity index is 1.63. The van der Waals surface area contributed by atoms with Crippen molar-refractivity contribution >= 4 is 21.9 Å². The van der Waals surface area contributed by atoms with Crippen molar-refractivity contribution in [2.24, 2.45) is 0 Å². The molecule has 0 aliphatic heterocycles. The SMILES string of the molecule is Cc1cc(C(C)(C)C)cc(C(c2cc(C(C)(C)C)cc(C)c2O)c2cccc3c2oc2c(C(c4cc(C(C)(C)C)cc(C)c4O)c4cc(C(C)(C)C)cc(C)c4O)cccc23)c1O. The van der Waals surface area contributed by atoms with E-state index in [0.717, 1.165) is 66.4 Å². The van der Waals surface area contributed by atoms with E-state index in [0.29, 0.717) is 33.4 Å². The van der Waals surface area contributed by atoms with Crippen LogP contribution in [-0.2, 0) is 21.7 Å². The molecule has 0 saturated carbocycles. The zero-order valence-electron chi connectivity index (χ0n) is 40.4. The first-order chi connectivity index (χ1) is 29.1. The minimum absolute atomic E-state index is 0.175. The van der Waals surface area contributed by atoms with Gasteiger partial charge in [0.25, 0.3) is 0 Å². The minimum Gasteiger partial charge on any atom is -0.507 e. The third-order valence-electron chi connectivity index (χ3n) is 13.2. The van der Waals surface area contributed by atoms with Crippen LogP contribution in [0.4, 0.5) is 0 Å². The number of aryl methyl sites for hydroxylation is 4. The Morgan fingerprint density at radius 1 is 0.349 bits per heavy atom. The van der Waals surface area contributed by atoms with Gasteiger partial charge in [-0.05, 0) is 93.9 Å². The Hall–Kier alpha value is -5.68. The number of phenols is 4. The lowest BCUT2D eigenvalue weighted by Crippen LogP contribution is -2.16.